The predicted octanol–water partition coefficient (Wildman–Crippen LogP) is 3.92. The highest BCUT2D eigenvalue weighted by molar-refractivity contribution is 7.19. The summed E-state index contributed by atoms with van der Waals surface area (Å²) < 4.78 is 52.8. The van der Waals surface area contributed by atoms with Gasteiger partial charge in [-0.1, -0.05) is 11.3 Å². The fourth-order valence-corrected chi connectivity index (χ4v) is 2.98. The summed E-state index contributed by atoms with van der Waals surface area (Å²) in [5.74, 6) is -2.14. The summed E-state index contributed by atoms with van der Waals surface area (Å²) in [7, 11) is 0. The molecule has 22 heavy (non-hydrogen) atoms. The number of aromatic carboxylic acids is 1. The number of thiazole rings is 1. The fraction of sp³-hybridized carbons (Fsp3) is 0.0769. The Morgan fingerprint density at radius 1 is 1.23 bits per heavy atom. The molecule has 114 valence electrons. The molecule has 0 amide bonds. The Morgan fingerprint density at radius 2 is 1.86 bits per heavy atom. The number of alkyl halides is 3. The molecule has 0 aliphatic carbocycles. The summed E-state index contributed by atoms with van der Waals surface area (Å²) in [5, 5.41) is 8.89. The number of hydrogen-bond acceptors (Lipinski definition) is 3. The Balaban J connectivity index is 2.21. The van der Waals surface area contributed by atoms with Crippen molar-refractivity contribution in [2.45, 2.75) is 6.18 Å². The third kappa shape index (κ3) is 2.33. The second-order valence-electron chi connectivity index (χ2n) is 4.37. The molecular weight excluding hydrogens is 324 g/mol. The Bertz CT molecular complexity index is 865. The fourth-order valence-electron chi connectivity index (χ4n) is 2.01. The summed E-state index contributed by atoms with van der Waals surface area (Å²) in [4.78, 5) is 14.0. The molecule has 2 aromatic heterocycles. The lowest BCUT2D eigenvalue weighted by Gasteiger charge is -2.06. The molecular formula is C13H6F4N2O2S. The van der Waals surface area contributed by atoms with Gasteiger partial charge in [-0.3, -0.25) is 4.40 Å². The van der Waals surface area contributed by atoms with E-state index in [4.69, 9.17) is 5.11 Å². The molecule has 0 spiro atoms. The predicted molar refractivity (Wildman–Crippen MR) is 70.4 cm³/mol. The molecule has 1 aromatic carbocycles. The van der Waals surface area contributed by atoms with Gasteiger partial charge in [-0.15, -0.1) is 0 Å². The number of aromatic nitrogens is 2. The van der Waals surface area contributed by atoms with Crippen molar-refractivity contribution in [1.82, 2.24) is 9.38 Å². The SMILES string of the molecule is O=C(O)c1sc2nc(-c3ccc(F)cc3)cn2c1C(F)(F)F. The van der Waals surface area contributed by atoms with Gasteiger partial charge in [0.15, 0.2) is 10.7 Å². The van der Waals surface area contributed by atoms with Crippen molar-refractivity contribution < 1.29 is 27.5 Å². The molecule has 2 heterocycles. The average Bonchev–Trinajstić information content (AvgIpc) is 2.94. The van der Waals surface area contributed by atoms with E-state index in [-0.39, 0.29) is 10.7 Å². The van der Waals surface area contributed by atoms with Gasteiger partial charge < -0.3 is 5.11 Å². The number of halogens is 4. The molecule has 0 bridgehead atoms. The minimum atomic E-state index is -4.83. The third-order valence-electron chi connectivity index (χ3n) is 2.93. The lowest BCUT2D eigenvalue weighted by Crippen LogP contribution is -2.13. The van der Waals surface area contributed by atoms with Crippen LogP contribution >= 0.6 is 11.3 Å². The Kier molecular flexibility index (Phi) is 3.17. The summed E-state index contributed by atoms with van der Waals surface area (Å²) in [6.45, 7) is 0. The van der Waals surface area contributed by atoms with Crippen LogP contribution in [-0.2, 0) is 6.18 Å². The van der Waals surface area contributed by atoms with Crippen LogP contribution in [0.15, 0.2) is 30.5 Å². The van der Waals surface area contributed by atoms with E-state index in [0.29, 0.717) is 21.3 Å². The summed E-state index contributed by atoms with van der Waals surface area (Å²) >= 11 is 0.436. The molecule has 0 saturated heterocycles. The molecule has 0 unspecified atom stereocenters. The molecule has 4 nitrogen and oxygen atoms in total. The molecule has 9 heteroatoms. The first-order valence-corrected chi connectivity index (χ1v) is 6.67. The number of imidazole rings is 1. The molecule has 3 rings (SSSR count). The first kappa shape index (κ1) is 14.5. The third-order valence-corrected chi connectivity index (χ3v) is 3.97. The zero-order valence-electron chi connectivity index (χ0n) is 10.6. The Labute approximate surface area is 124 Å². The summed E-state index contributed by atoms with van der Waals surface area (Å²) in [6, 6.07) is 5.09. The number of carboxylic acid groups (broad SMARTS) is 1. The summed E-state index contributed by atoms with van der Waals surface area (Å²) in [5.41, 5.74) is -0.642. The second-order valence-corrected chi connectivity index (χ2v) is 5.35. The lowest BCUT2D eigenvalue weighted by molar-refractivity contribution is -0.142. The van der Waals surface area contributed by atoms with Crippen molar-refractivity contribution in [3.8, 4) is 11.3 Å². The van der Waals surface area contributed by atoms with Gasteiger partial charge in [-0.2, -0.15) is 13.2 Å². The van der Waals surface area contributed by atoms with Crippen LogP contribution in [-0.4, -0.2) is 20.5 Å². The molecule has 0 aliphatic rings. The maximum Gasteiger partial charge on any atom is 0.433 e. The Hall–Kier alpha value is -2.42. The zero-order valence-corrected chi connectivity index (χ0v) is 11.4. The van der Waals surface area contributed by atoms with E-state index in [2.05, 4.69) is 4.98 Å². The van der Waals surface area contributed by atoms with Gasteiger partial charge in [0.1, 0.15) is 10.7 Å². The minimum absolute atomic E-state index is 0.0935. The first-order valence-electron chi connectivity index (χ1n) is 5.85. The van der Waals surface area contributed by atoms with Gasteiger partial charge in [0.05, 0.1) is 5.69 Å². The summed E-state index contributed by atoms with van der Waals surface area (Å²) in [6.07, 6.45) is -3.74. The Morgan fingerprint density at radius 3 is 2.41 bits per heavy atom. The van der Waals surface area contributed by atoms with Crippen molar-refractivity contribution in [1.29, 1.82) is 0 Å². The molecule has 0 fully saturated rings. The highest BCUT2D eigenvalue weighted by atomic mass is 32.1. The minimum Gasteiger partial charge on any atom is -0.477 e. The molecule has 0 atom stereocenters. The first-order chi connectivity index (χ1) is 10.3. The standard InChI is InChI=1S/C13H6F4N2O2S/c14-7-3-1-6(2-4-7)8-5-19-10(13(15,16)17)9(11(20)21)22-12(19)18-8/h1-5H,(H,20,21). The molecule has 0 saturated carbocycles. The van der Waals surface area contributed by atoms with Crippen LogP contribution in [0.3, 0.4) is 0 Å². The molecule has 0 aliphatic heterocycles. The van der Waals surface area contributed by atoms with Crippen LogP contribution in [0.25, 0.3) is 16.2 Å². The van der Waals surface area contributed by atoms with Crippen molar-refractivity contribution in [3.63, 3.8) is 0 Å². The van der Waals surface area contributed by atoms with E-state index in [9.17, 15) is 22.4 Å². The van der Waals surface area contributed by atoms with E-state index in [1.165, 1.54) is 12.1 Å². The number of nitrogens with zero attached hydrogens (tertiary/aromatic N) is 2. The quantitative estimate of drug-likeness (QED) is 0.725. The maximum atomic E-state index is 13.1. The second kappa shape index (κ2) is 4.80. The average molecular weight is 330 g/mol. The van der Waals surface area contributed by atoms with Gasteiger partial charge >= 0.3 is 12.1 Å². The number of hydrogen-bond donors (Lipinski definition) is 1. The normalized spacial score (nSPS) is 12.0. The van der Waals surface area contributed by atoms with E-state index in [0.717, 1.165) is 18.3 Å². The van der Waals surface area contributed by atoms with Gasteiger partial charge in [0.2, 0.25) is 0 Å². The largest absolute Gasteiger partial charge is 0.477 e. The van der Waals surface area contributed by atoms with Crippen LogP contribution in [0.4, 0.5) is 17.6 Å². The van der Waals surface area contributed by atoms with Crippen LogP contribution in [0.1, 0.15) is 15.4 Å². The number of fused-ring (bicyclic) bond motifs is 1. The van der Waals surface area contributed by atoms with Crippen LogP contribution < -0.4 is 0 Å². The number of benzene rings is 1. The lowest BCUT2D eigenvalue weighted by atomic mass is 10.2. The van der Waals surface area contributed by atoms with E-state index in [1.807, 2.05) is 0 Å². The van der Waals surface area contributed by atoms with Gasteiger partial charge in [-0.25, -0.2) is 14.2 Å². The number of rotatable bonds is 2. The van der Waals surface area contributed by atoms with Gasteiger partial charge in [-0.05, 0) is 24.3 Å². The van der Waals surface area contributed by atoms with Gasteiger partial charge in [0, 0.05) is 11.8 Å². The monoisotopic (exact) mass is 330 g/mol. The van der Waals surface area contributed by atoms with Gasteiger partial charge in [0.25, 0.3) is 0 Å². The highest BCUT2D eigenvalue weighted by Crippen LogP contribution is 2.38. The number of carbonyl (C=O) groups is 1. The highest BCUT2D eigenvalue weighted by Gasteiger charge is 2.40. The van der Waals surface area contributed by atoms with Crippen molar-refractivity contribution in [2.24, 2.45) is 0 Å². The zero-order chi connectivity index (χ0) is 16.1. The van der Waals surface area contributed by atoms with E-state index < -0.39 is 28.5 Å². The molecule has 3 aromatic rings. The van der Waals surface area contributed by atoms with Crippen LogP contribution in [0.5, 0.6) is 0 Å². The van der Waals surface area contributed by atoms with Crippen LogP contribution in [0.2, 0.25) is 0 Å². The van der Waals surface area contributed by atoms with Crippen molar-refractivity contribution in [2.75, 3.05) is 0 Å². The van der Waals surface area contributed by atoms with E-state index >= 15 is 0 Å². The smallest absolute Gasteiger partial charge is 0.433 e. The van der Waals surface area contributed by atoms with E-state index in [1.54, 1.807) is 0 Å². The van der Waals surface area contributed by atoms with Crippen molar-refractivity contribution >= 4 is 22.3 Å². The van der Waals surface area contributed by atoms with Crippen molar-refractivity contribution in [3.05, 3.63) is 46.9 Å². The topological polar surface area (TPSA) is 54.6 Å². The maximum absolute atomic E-state index is 13.1. The molecule has 0 radical (unpaired) electrons. The molecule has 1 N–H and O–H groups in total. The van der Waals surface area contributed by atoms with Crippen LogP contribution in [0, 0.1) is 5.82 Å². The number of carboxylic acids is 1.